The lowest BCUT2D eigenvalue weighted by Gasteiger charge is -2.29. The molecule has 0 aromatic carbocycles. The summed E-state index contributed by atoms with van der Waals surface area (Å²) in [6.07, 6.45) is -1.65. The van der Waals surface area contributed by atoms with Gasteiger partial charge in [-0.15, -0.1) is 0 Å². The van der Waals surface area contributed by atoms with Crippen LogP contribution in [0.3, 0.4) is 0 Å². The summed E-state index contributed by atoms with van der Waals surface area (Å²) in [5, 5.41) is 0. The lowest BCUT2D eigenvalue weighted by atomic mass is 10.2. The molecule has 2 rings (SSSR count). The van der Waals surface area contributed by atoms with E-state index in [1.807, 2.05) is 4.90 Å². The zero-order valence-corrected chi connectivity index (χ0v) is 18.9. The molecule has 0 spiro atoms. The van der Waals surface area contributed by atoms with E-state index in [1.165, 1.54) is 6.07 Å². The molecule has 2 N–H and O–H groups in total. The summed E-state index contributed by atoms with van der Waals surface area (Å²) < 4.78 is 15.9. The van der Waals surface area contributed by atoms with Crippen molar-refractivity contribution in [1.29, 1.82) is 0 Å². The number of anilines is 3. The third-order valence-electron chi connectivity index (χ3n) is 3.78. The molecule has 31 heavy (non-hydrogen) atoms. The molecule has 11 heteroatoms. The molecule has 1 aliphatic heterocycles. The monoisotopic (exact) mass is 437 g/mol. The second-order valence-corrected chi connectivity index (χ2v) is 9.02. The van der Waals surface area contributed by atoms with Crippen molar-refractivity contribution < 1.29 is 28.6 Å². The van der Waals surface area contributed by atoms with Gasteiger partial charge in [-0.3, -0.25) is 9.59 Å². The first-order chi connectivity index (χ1) is 14.2. The number of amides is 2. The number of rotatable bonds is 4. The third-order valence-corrected chi connectivity index (χ3v) is 3.78. The maximum Gasteiger partial charge on any atom is 0.423 e. The molecular formula is C20H31N5O6. The van der Waals surface area contributed by atoms with Gasteiger partial charge in [0.2, 0.25) is 11.9 Å². The van der Waals surface area contributed by atoms with E-state index < -0.39 is 35.6 Å². The van der Waals surface area contributed by atoms with Crippen LogP contribution >= 0.6 is 0 Å². The van der Waals surface area contributed by atoms with Crippen molar-refractivity contribution in [1.82, 2.24) is 9.97 Å². The maximum absolute atomic E-state index is 13.0. The van der Waals surface area contributed by atoms with Crippen LogP contribution in [-0.2, 0) is 23.8 Å². The van der Waals surface area contributed by atoms with E-state index >= 15 is 0 Å². The first-order valence-corrected chi connectivity index (χ1v) is 10.0. The number of morpholine rings is 1. The smallest absolute Gasteiger partial charge is 0.423 e. The fourth-order valence-electron chi connectivity index (χ4n) is 2.67. The summed E-state index contributed by atoms with van der Waals surface area (Å²) >= 11 is 0. The summed E-state index contributed by atoms with van der Waals surface area (Å²) in [5.41, 5.74) is 4.26. The van der Waals surface area contributed by atoms with Gasteiger partial charge in [-0.05, 0) is 41.5 Å². The largest absolute Gasteiger partial charge is 0.460 e. The van der Waals surface area contributed by atoms with E-state index in [1.54, 1.807) is 41.5 Å². The molecule has 0 saturated carbocycles. The zero-order valence-electron chi connectivity index (χ0n) is 18.9. The Hall–Kier alpha value is -2.95. The number of nitrogen functional groups attached to an aromatic ring is 1. The minimum atomic E-state index is -0.980. The number of hydrogen-bond acceptors (Lipinski definition) is 10. The van der Waals surface area contributed by atoms with Crippen molar-refractivity contribution in [2.24, 2.45) is 0 Å². The number of aromatic nitrogens is 2. The van der Waals surface area contributed by atoms with Gasteiger partial charge in [-0.1, -0.05) is 0 Å². The van der Waals surface area contributed by atoms with Gasteiger partial charge in [0.15, 0.2) is 5.82 Å². The molecule has 2 amide bonds. The quantitative estimate of drug-likeness (QED) is 0.549. The molecule has 1 fully saturated rings. The molecule has 11 nitrogen and oxygen atoms in total. The molecule has 2 heterocycles. The number of nitrogens with two attached hydrogens (primary N) is 1. The lowest BCUT2D eigenvalue weighted by Crippen LogP contribution is -2.43. The van der Waals surface area contributed by atoms with E-state index in [0.717, 1.165) is 0 Å². The van der Waals surface area contributed by atoms with Crippen LogP contribution in [-0.4, -0.2) is 65.4 Å². The minimum Gasteiger partial charge on any atom is -0.460 e. The average molecular weight is 437 g/mol. The average Bonchev–Trinajstić information content (AvgIpc) is 2.58. The number of ether oxygens (including phenoxy) is 3. The highest BCUT2D eigenvalue weighted by Gasteiger charge is 2.33. The van der Waals surface area contributed by atoms with Crippen molar-refractivity contribution in [3.63, 3.8) is 0 Å². The summed E-state index contributed by atoms with van der Waals surface area (Å²) in [6, 6.07) is 1.28. The Morgan fingerprint density at radius 1 is 1.06 bits per heavy atom. The van der Waals surface area contributed by atoms with Gasteiger partial charge in [0.1, 0.15) is 23.4 Å². The van der Waals surface area contributed by atoms with Gasteiger partial charge in [0.25, 0.3) is 0 Å². The summed E-state index contributed by atoms with van der Waals surface area (Å²) in [7, 11) is 0. The predicted octanol–water partition coefficient (Wildman–Crippen LogP) is 1.90. The van der Waals surface area contributed by atoms with Crippen molar-refractivity contribution in [2.45, 2.75) is 59.2 Å². The molecule has 1 aromatic heterocycles. The molecule has 1 aromatic rings. The van der Waals surface area contributed by atoms with Gasteiger partial charge < -0.3 is 24.8 Å². The molecule has 0 bridgehead atoms. The Kier molecular flexibility index (Phi) is 7.42. The fourth-order valence-corrected chi connectivity index (χ4v) is 2.67. The Morgan fingerprint density at radius 2 is 1.65 bits per heavy atom. The molecule has 0 unspecified atom stereocenters. The molecule has 0 atom stereocenters. The first kappa shape index (κ1) is 24.3. The Morgan fingerprint density at radius 3 is 2.19 bits per heavy atom. The normalized spacial score (nSPS) is 14.7. The predicted molar refractivity (Wildman–Crippen MR) is 114 cm³/mol. The summed E-state index contributed by atoms with van der Waals surface area (Å²) in [5.74, 6) is -1.41. The second-order valence-electron chi connectivity index (χ2n) is 9.02. The number of imide groups is 1. The number of nitrogens with zero attached hydrogens (tertiary/aromatic N) is 4. The van der Waals surface area contributed by atoms with Crippen LogP contribution in [0.2, 0.25) is 0 Å². The van der Waals surface area contributed by atoms with Crippen molar-refractivity contribution in [3.8, 4) is 0 Å². The number of esters is 1. The van der Waals surface area contributed by atoms with E-state index in [2.05, 4.69) is 9.97 Å². The van der Waals surface area contributed by atoms with Gasteiger partial charge in [-0.2, -0.15) is 14.9 Å². The van der Waals surface area contributed by atoms with Crippen LogP contribution in [0.4, 0.5) is 22.4 Å². The molecule has 0 aliphatic carbocycles. The SMILES string of the molecule is CC(C)(C)OC(=O)CC(=O)N(C(=O)OC(C)(C)C)c1cc(N)nc(N2CCOCC2)n1. The topological polar surface area (TPSA) is 137 Å². The van der Waals surface area contributed by atoms with Gasteiger partial charge >= 0.3 is 12.1 Å². The molecule has 1 saturated heterocycles. The van der Waals surface area contributed by atoms with Crippen LogP contribution in [0.25, 0.3) is 0 Å². The van der Waals surface area contributed by atoms with E-state index in [4.69, 9.17) is 19.9 Å². The van der Waals surface area contributed by atoms with Crippen LogP contribution in [0.5, 0.6) is 0 Å². The molecule has 172 valence electrons. The van der Waals surface area contributed by atoms with Gasteiger partial charge in [0, 0.05) is 19.2 Å². The van der Waals surface area contributed by atoms with E-state index in [0.29, 0.717) is 31.2 Å². The van der Waals surface area contributed by atoms with Gasteiger partial charge in [0.05, 0.1) is 13.2 Å². The standard InChI is InChI=1S/C20H31N5O6/c1-19(2,3)30-16(27)12-15(26)25(18(28)31-20(4,5)6)14-11-13(21)22-17(23-14)24-7-9-29-10-8-24/h11H,7-10,12H2,1-6H3,(H2,21,22,23). The highest BCUT2D eigenvalue weighted by molar-refractivity contribution is 6.16. The maximum atomic E-state index is 13.0. The number of carbonyl (C=O) groups excluding carboxylic acids is 3. The van der Waals surface area contributed by atoms with Crippen LogP contribution < -0.4 is 15.5 Å². The van der Waals surface area contributed by atoms with E-state index in [9.17, 15) is 14.4 Å². The summed E-state index contributed by atoms with van der Waals surface area (Å²) in [6.45, 7) is 12.1. The van der Waals surface area contributed by atoms with Crippen LogP contribution in [0.15, 0.2) is 6.07 Å². The van der Waals surface area contributed by atoms with Crippen molar-refractivity contribution >= 4 is 35.6 Å². The second kappa shape index (κ2) is 9.46. The Labute approximate surface area is 181 Å². The van der Waals surface area contributed by atoms with Crippen LogP contribution in [0.1, 0.15) is 48.0 Å². The summed E-state index contributed by atoms with van der Waals surface area (Å²) in [4.78, 5) is 49.1. The first-order valence-electron chi connectivity index (χ1n) is 10.0. The zero-order chi connectivity index (χ0) is 23.4. The lowest BCUT2D eigenvalue weighted by molar-refractivity contribution is -0.156. The molecule has 1 aliphatic rings. The Bertz CT molecular complexity index is 824. The highest BCUT2D eigenvalue weighted by atomic mass is 16.6. The molecule has 0 radical (unpaired) electrons. The number of carbonyl (C=O) groups is 3. The van der Waals surface area contributed by atoms with Crippen molar-refractivity contribution in [2.75, 3.05) is 41.8 Å². The Balaban J connectivity index is 2.37. The van der Waals surface area contributed by atoms with Gasteiger partial charge in [-0.25, -0.2) is 4.79 Å². The van der Waals surface area contributed by atoms with Crippen LogP contribution in [0, 0.1) is 0 Å². The fraction of sp³-hybridized carbons (Fsp3) is 0.650. The minimum absolute atomic E-state index is 0.0603. The number of hydrogen-bond donors (Lipinski definition) is 1. The van der Waals surface area contributed by atoms with Crippen molar-refractivity contribution in [3.05, 3.63) is 6.07 Å². The van der Waals surface area contributed by atoms with E-state index in [-0.39, 0.29) is 17.6 Å². The molecular weight excluding hydrogens is 406 g/mol. The third kappa shape index (κ3) is 7.67. The highest BCUT2D eigenvalue weighted by Crippen LogP contribution is 2.23.